The van der Waals surface area contributed by atoms with Gasteiger partial charge < -0.3 is 10.2 Å². The molecule has 2 aliphatic heterocycles. The number of nitrogens with zero attached hydrogens (tertiary/aromatic N) is 1. The molecule has 0 atom stereocenters. The third-order valence-corrected chi connectivity index (χ3v) is 3.93. The molecule has 16 heavy (non-hydrogen) atoms. The lowest BCUT2D eigenvalue weighted by molar-refractivity contribution is -0.129. The van der Waals surface area contributed by atoms with Crippen LogP contribution in [-0.2, 0) is 4.79 Å². The summed E-state index contributed by atoms with van der Waals surface area (Å²) in [4.78, 5) is 14.2. The lowest BCUT2D eigenvalue weighted by Gasteiger charge is -2.37. The number of carbonyl (C=O) groups is 1. The molecule has 2 rings (SSSR count). The van der Waals surface area contributed by atoms with E-state index in [4.69, 9.17) is 0 Å². The number of hydrogen-bond donors (Lipinski definition) is 1. The molecule has 0 radical (unpaired) electrons. The van der Waals surface area contributed by atoms with Gasteiger partial charge in [-0.3, -0.25) is 4.79 Å². The fraction of sp³-hybridized carbons (Fsp3) is 0.769. The van der Waals surface area contributed by atoms with Crippen molar-refractivity contribution in [2.45, 2.75) is 33.6 Å². The summed E-state index contributed by atoms with van der Waals surface area (Å²) in [5.74, 6) is 0.256. The zero-order valence-corrected chi connectivity index (χ0v) is 10.6. The van der Waals surface area contributed by atoms with Crippen molar-refractivity contribution in [1.29, 1.82) is 0 Å². The summed E-state index contributed by atoms with van der Waals surface area (Å²) in [7, 11) is 0. The molecule has 0 unspecified atom stereocenters. The van der Waals surface area contributed by atoms with Crippen molar-refractivity contribution >= 4 is 5.91 Å². The minimum atomic E-state index is 0.256. The number of likely N-dealkylation sites (tertiary alicyclic amines) is 1. The van der Waals surface area contributed by atoms with Gasteiger partial charge in [-0.1, -0.05) is 13.8 Å². The molecule has 2 aliphatic rings. The highest BCUT2D eigenvalue weighted by Gasteiger charge is 2.29. The normalized spacial score (nSPS) is 23.9. The number of hydrogen-bond acceptors (Lipinski definition) is 2. The first-order chi connectivity index (χ1) is 7.49. The highest BCUT2D eigenvalue weighted by atomic mass is 16.2. The summed E-state index contributed by atoms with van der Waals surface area (Å²) in [5.41, 5.74) is 2.67. The van der Waals surface area contributed by atoms with Crippen LogP contribution in [0.25, 0.3) is 0 Å². The van der Waals surface area contributed by atoms with E-state index >= 15 is 0 Å². The van der Waals surface area contributed by atoms with E-state index in [-0.39, 0.29) is 5.91 Å². The fourth-order valence-corrected chi connectivity index (χ4v) is 2.22. The van der Waals surface area contributed by atoms with Gasteiger partial charge in [0.2, 0.25) is 5.91 Å². The molecule has 0 aromatic carbocycles. The summed E-state index contributed by atoms with van der Waals surface area (Å²) < 4.78 is 0. The molecular weight excluding hydrogens is 200 g/mol. The fourth-order valence-electron chi connectivity index (χ4n) is 2.22. The van der Waals surface area contributed by atoms with E-state index in [9.17, 15) is 4.79 Å². The third-order valence-electron chi connectivity index (χ3n) is 3.93. The second-order valence-electron chi connectivity index (χ2n) is 5.79. The van der Waals surface area contributed by atoms with Crippen molar-refractivity contribution in [3.8, 4) is 0 Å². The van der Waals surface area contributed by atoms with E-state index in [2.05, 4.69) is 19.2 Å². The van der Waals surface area contributed by atoms with Crippen LogP contribution in [0.2, 0.25) is 0 Å². The summed E-state index contributed by atoms with van der Waals surface area (Å²) in [6, 6.07) is 0. The van der Waals surface area contributed by atoms with Gasteiger partial charge in [-0.15, -0.1) is 0 Å². The zero-order valence-electron chi connectivity index (χ0n) is 10.6. The van der Waals surface area contributed by atoms with Crippen molar-refractivity contribution in [2.75, 3.05) is 26.2 Å². The van der Waals surface area contributed by atoms with E-state index in [1.807, 2.05) is 11.8 Å². The molecule has 1 amide bonds. The Morgan fingerprint density at radius 2 is 1.81 bits per heavy atom. The van der Waals surface area contributed by atoms with Crippen molar-refractivity contribution in [3.63, 3.8) is 0 Å². The molecule has 3 heteroatoms. The van der Waals surface area contributed by atoms with Crippen LogP contribution >= 0.6 is 0 Å². The Hall–Kier alpha value is -0.830. The standard InChI is InChI=1S/C13H22N2O/c1-10(11-8-14-9-11)12(16)15-6-4-13(2,3)5-7-15/h14H,4-9H2,1-3H3. The Balaban J connectivity index is 1.96. The molecule has 2 heterocycles. The second kappa shape index (κ2) is 4.21. The average molecular weight is 222 g/mol. The van der Waals surface area contributed by atoms with Gasteiger partial charge in [0, 0.05) is 31.8 Å². The largest absolute Gasteiger partial charge is 0.339 e. The summed E-state index contributed by atoms with van der Waals surface area (Å²) in [6.07, 6.45) is 2.25. The van der Waals surface area contributed by atoms with Crippen molar-refractivity contribution in [1.82, 2.24) is 10.2 Å². The van der Waals surface area contributed by atoms with Crippen LogP contribution in [0, 0.1) is 5.41 Å². The van der Waals surface area contributed by atoms with E-state index in [0.717, 1.165) is 44.6 Å². The summed E-state index contributed by atoms with van der Waals surface area (Å²) in [6.45, 7) is 10.2. The van der Waals surface area contributed by atoms with Crippen LogP contribution in [0.15, 0.2) is 11.1 Å². The van der Waals surface area contributed by atoms with Crippen molar-refractivity contribution in [2.24, 2.45) is 5.41 Å². The number of nitrogens with one attached hydrogen (secondary N) is 1. The van der Waals surface area contributed by atoms with Crippen LogP contribution in [0.5, 0.6) is 0 Å². The number of carbonyl (C=O) groups excluding carboxylic acids is 1. The lowest BCUT2D eigenvalue weighted by atomic mass is 9.82. The van der Waals surface area contributed by atoms with E-state index in [0.29, 0.717) is 5.41 Å². The summed E-state index contributed by atoms with van der Waals surface area (Å²) in [5, 5.41) is 3.18. The van der Waals surface area contributed by atoms with Crippen LogP contribution in [0.1, 0.15) is 33.6 Å². The average Bonchev–Trinajstić information content (AvgIpc) is 2.14. The van der Waals surface area contributed by atoms with E-state index in [1.165, 1.54) is 5.57 Å². The van der Waals surface area contributed by atoms with Crippen LogP contribution in [-0.4, -0.2) is 37.0 Å². The van der Waals surface area contributed by atoms with Gasteiger partial charge in [-0.05, 0) is 30.8 Å². The highest BCUT2D eigenvalue weighted by molar-refractivity contribution is 5.94. The van der Waals surface area contributed by atoms with Gasteiger partial charge in [0.05, 0.1) is 0 Å². The third kappa shape index (κ3) is 2.29. The molecule has 2 fully saturated rings. The molecule has 0 bridgehead atoms. The molecule has 0 spiro atoms. The monoisotopic (exact) mass is 222 g/mol. The number of rotatable bonds is 1. The Kier molecular flexibility index (Phi) is 3.06. The van der Waals surface area contributed by atoms with E-state index in [1.54, 1.807) is 0 Å². The lowest BCUT2D eigenvalue weighted by Crippen LogP contribution is -2.43. The van der Waals surface area contributed by atoms with Gasteiger partial charge in [0.25, 0.3) is 0 Å². The Morgan fingerprint density at radius 1 is 1.25 bits per heavy atom. The Morgan fingerprint density at radius 3 is 2.25 bits per heavy atom. The quantitative estimate of drug-likeness (QED) is 0.683. The van der Waals surface area contributed by atoms with Gasteiger partial charge in [-0.2, -0.15) is 0 Å². The number of amides is 1. The minimum absolute atomic E-state index is 0.256. The predicted octanol–water partition coefficient (Wildman–Crippen LogP) is 1.55. The Bertz CT molecular complexity index is 315. The molecule has 2 saturated heterocycles. The van der Waals surface area contributed by atoms with Gasteiger partial charge in [0.1, 0.15) is 0 Å². The van der Waals surface area contributed by atoms with Crippen LogP contribution < -0.4 is 5.32 Å². The minimum Gasteiger partial charge on any atom is -0.339 e. The van der Waals surface area contributed by atoms with Gasteiger partial charge in [0.15, 0.2) is 0 Å². The maximum Gasteiger partial charge on any atom is 0.249 e. The Labute approximate surface area is 97.9 Å². The first-order valence-electron chi connectivity index (χ1n) is 6.18. The predicted molar refractivity (Wildman–Crippen MR) is 65.2 cm³/mol. The topological polar surface area (TPSA) is 32.3 Å². The van der Waals surface area contributed by atoms with Crippen LogP contribution in [0.3, 0.4) is 0 Å². The maximum atomic E-state index is 12.2. The molecule has 0 aliphatic carbocycles. The molecular formula is C13H22N2O. The van der Waals surface area contributed by atoms with Crippen molar-refractivity contribution in [3.05, 3.63) is 11.1 Å². The SMILES string of the molecule is CC(C(=O)N1CCC(C)(C)CC1)=C1CNC1. The van der Waals surface area contributed by atoms with Gasteiger partial charge >= 0.3 is 0 Å². The molecule has 0 saturated carbocycles. The molecule has 0 aromatic rings. The first-order valence-corrected chi connectivity index (χ1v) is 6.18. The molecule has 1 N–H and O–H groups in total. The molecule has 0 aromatic heterocycles. The smallest absolute Gasteiger partial charge is 0.249 e. The molecule has 90 valence electrons. The summed E-state index contributed by atoms with van der Waals surface area (Å²) >= 11 is 0. The number of piperidine rings is 1. The second-order valence-corrected chi connectivity index (χ2v) is 5.79. The van der Waals surface area contributed by atoms with E-state index < -0.39 is 0 Å². The maximum absolute atomic E-state index is 12.2. The highest BCUT2D eigenvalue weighted by Crippen LogP contribution is 2.30. The van der Waals surface area contributed by atoms with Crippen molar-refractivity contribution < 1.29 is 4.79 Å². The first kappa shape index (κ1) is 11.6. The van der Waals surface area contributed by atoms with Crippen LogP contribution in [0.4, 0.5) is 0 Å². The van der Waals surface area contributed by atoms with Gasteiger partial charge in [-0.25, -0.2) is 0 Å². The molecule has 3 nitrogen and oxygen atoms in total. The zero-order chi connectivity index (χ0) is 11.8.